The Kier molecular flexibility index (Phi) is 8.26. The van der Waals surface area contributed by atoms with Gasteiger partial charge in [0.05, 0.1) is 29.3 Å². The van der Waals surface area contributed by atoms with Crippen molar-refractivity contribution < 1.29 is 18.7 Å². The topological polar surface area (TPSA) is 154 Å². The normalized spacial score (nSPS) is 19.4. The molecule has 2 heterocycles. The first kappa shape index (κ1) is 29.4. The van der Waals surface area contributed by atoms with Gasteiger partial charge in [-0.1, -0.05) is 12.1 Å². The summed E-state index contributed by atoms with van der Waals surface area (Å²) in [4.78, 5) is 40.6. The minimum absolute atomic E-state index is 0.0727. The maximum atomic E-state index is 14.1. The number of nitrogens with two attached hydrogens (primary N) is 1. The van der Waals surface area contributed by atoms with Crippen molar-refractivity contribution in [3.05, 3.63) is 87.1 Å². The first-order valence-corrected chi connectivity index (χ1v) is 13.2. The smallest absolute Gasteiger partial charge is 0.307 e. The molecule has 1 aliphatic heterocycles. The van der Waals surface area contributed by atoms with Crippen LogP contribution in [0.5, 0.6) is 11.5 Å². The molecule has 2 aromatic carbocycles. The van der Waals surface area contributed by atoms with Gasteiger partial charge in [-0.15, -0.1) is 0 Å². The van der Waals surface area contributed by atoms with Gasteiger partial charge in [0, 0.05) is 17.7 Å². The van der Waals surface area contributed by atoms with Crippen molar-refractivity contribution in [1.29, 1.82) is 5.26 Å². The summed E-state index contributed by atoms with van der Waals surface area (Å²) >= 11 is 0. The number of aryl methyl sites for hydroxylation is 2. The van der Waals surface area contributed by atoms with Crippen LogP contribution in [-0.2, 0) is 4.79 Å². The largest absolute Gasteiger partial charge is 0.451 e. The number of hydrogen-bond donors (Lipinski definition) is 3. The highest BCUT2D eigenvalue weighted by Gasteiger charge is 2.50. The summed E-state index contributed by atoms with van der Waals surface area (Å²) in [5, 5.41) is 18.8. The number of benzene rings is 2. The molecular formula is C30H33FN6O4. The van der Waals surface area contributed by atoms with Crippen LogP contribution < -0.4 is 21.3 Å². The zero-order valence-corrected chi connectivity index (χ0v) is 23.6. The first-order valence-electron chi connectivity index (χ1n) is 13.2. The molecule has 3 aromatic rings. The van der Waals surface area contributed by atoms with Gasteiger partial charge in [-0.3, -0.25) is 14.4 Å². The van der Waals surface area contributed by atoms with Gasteiger partial charge < -0.3 is 20.7 Å². The van der Waals surface area contributed by atoms with E-state index in [0.717, 1.165) is 0 Å². The van der Waals surface area contributed by atoms with Crippen molar-refractivity contribution in [1.82, 2.24) is 20.4 Å². The van der Waals surface area contributed by atoms with E-state index in [1.807, 2.05) is 0 Å². The van der Waals surface area contributed by atoms with Crippen molar-refractivity contribution in [2.24, 2.45) is 11.1 Å². The Morgan fingerprint density at radius 1 is 1.22 bits per heavy atom. The lowest BCUT2D eigenvalue weighted by molar-refractivity contribution is -0.137. The average molecular weight is 561 g/mol. The highest BCUT2D eigenvalue weighted by atomic mass is 19.1. The van der Waals surface area contributed by atoms with Gasteiger partial charge in [0.15, 0.2) is 5.75 Å². The third-order valence-electron chi connectivity index (χ3n) is 7.37. The number of halogens is 1. The number of nitriles is 1. The third kappa shape index (κ3) is 6.12. The predicted molar refractivity (Wildman–Crippen MR) is 150 cm³/mol. The number of H-pyrrole nitrogens is 1. The van der Waals surface area contributed by atoms with E-state index >= 15 is 0 Å². The van der Waals surface area contributed by atoms with Gasteiger partial charge in [-0.2, -0.15) is 10.4 Å². The molecule has 1 fully saturated rings. The SMILES string of the molecule is Cc1cc(Oc2ccc(C(=O)NC(C)C(=O)N3[C@H](c4cccc(F)c4)[C@@H](N)C[C@@H]3C(C)(C)C#N)cc2C)c(=O)[nH]n1. The molecule has 0 aliphatic carbocycles. The van der Waals surface area contributed by atoms with Crippen LogP contribution in [0.15, 0.2) is 53.3 Å². The van der Waals surface area contributed by atoms with Crippen molar-refractivity contribution in [3.8, 4) is 17.6 Å². The van der Waals surface area contributed by atoms with E-state index in [4.69, 9.17) is 10.5 Å². The summed E-state index contributed by atoms with van der Waals surface area (Å²) < 4.78 is 19.9. The molecule has 1 unspecified atom stereocenters. The number of carbonyl (C=O) groups excluding carboxylic acids is 2. The molecule has 0 spiro atoms. The highest BCUT2D eigenvalue weighted by Crippen LogP contribution is 2.43. The number of nitrogens with one attached hydrogen (secondary N) is 2. The number of carbonyl (C=O) groups is 2. The van der Waals surface area contributed by atoms with Crippen LogP contribution in [0.1, 0.15) is 60.4 Å². The van der Waals surface area contributed by atoms with E-state index in [1.165, 1.54) is 29.2 Å². The Balaban J connectivity index is 1.56. The van der Waals surface area contributed by atoms with Crippen LogP contribution >= 0.6 is 0 Å². The zero-order valence-electron chi connectivity index (χ0n) is 23.6. The maximum Gasteiger partial charge on any atom is 0.307 e. The Morgan fingerprint density at radius 3 is 2.61 bits per heavy atom. The zero-order chi connectivity index (χ0) is 30.1. The Labute approximate surface area is 237 Å². The number of likely N-dealkylation sites (tertiary alicyclic amines) is 1. The molecule has 10 nitrogen and oxygen atoms in total. The van der Waals surface area contributed by atoms with Gasteiger partial charge in [-0.25, -0.2) is 9.49 Å². The molecule has 4 rings (SSSR count). The number of amides is 2. The summed E-state index contributed by atoms with van der Waals surface area (Å²) in [6.45, 7) is 8.47. The molecule has 4 N–H and O–H groups in total. The monoisotopic (exact) mass is 560 g/mol. The molecule has 41 heavy (non-hydrogen) atoms. The van der Waals surface area contributed by atoms with Crippen molar-refractivity contribution >= 4 is 11.8 Å². The standard InChI is InChI=1S/C30H33FN6O4/c1-16-11-20(9-10-23(16)41-24-12-17(2)35-36-28(24)39)27(38)34-18(3)29(40)37-25(30(4,5)15-32)14-22(33)26(37)19-7-6-8-21(31)13-19/h6-13,18,22,25-26H,14,33H2,1-5H3,(H,34,38)(H,36,39)/t18?,22-,25+,26+/m0/s1. The molecule has 214 valence electrons. The summed E-state index contributed by atoms with van der Waals surface area (Å²) in [5.74, 6) is -0.938. The van der Waals surface area contributed by atoms with Crippen LogP contribution in [0.25, 0.3) is 0 Å². The number of rotatable bonds is 7. The number of nitrogens with zero attached hydrogens (tertiary/aromatic N) is 3. The van der Waals surface area contributed by atoms with Crippen molar-refractivity contribution in [2.75, 3.05) is 0 Å². The molecule has 2 amide bonds. The van der Waals surface area contributed by atoms with Gasteiger partial charge in [0.25, 0.3) is 5.91 Å². The van der Waals surface area contributed by atoms with Gasteiger partial charge in [-0.05, 0) is 82.5 Å². The van der Waals surface area contributed by atoms with Crippen LogP contribution in [-0.4, -0.2) is 45.0 Å². The third-order valence-corrected chi connectivity index (χ3v) is 7.37. The van der Waals surface area contributed by atoms with Crippen molar-refractivity contribution in [3.63, 3.8) is 0 Å². The summed E-state index contributed by atoms with van der Waals surface area (Å²) in [5.41, 5.74) is 7.02. The van der Waals surface area contributed by atoms with Gasteiger partial charge in [0.1, 0.15) is 17.6 Å². The summed E-state index contributed by atoms with van der Waals surface area (Å²) in [7, 11) is 0. The number of ether oxygens (including phenoxy) is 1. The molecule has 11 heteroatoms. The molecule has 0 radical (unpaired) electrons. The molecule has 0 saturated carbocycles. The molecular weight excluding hydrogens is 527 g/mol. The minimum atomic E-state index is -0.976. The Bertz CT molecular complexity index is 1580. The van der Waals surface area contributed by atoms with Crippen LogP contribution in [0.3, 0.4) is 0 Å². The van der Waals surface area contributed by atoms with E-state index in [1.54, 1.807) is 58.9 Å². The lowest BCUT2D eigenvalue weighted by Gasteiger charge is -2.38. The fourth-order valence-corrected chi connectivity index (χ4v) is 5.15. The maximum absolute atomic E-state index is 14.1. The lowest BCUT2D eigenvalue weighted by atomic mass is 9.84. The van der Waals surface area contributed by atoms with Crippen LogP contribution in [0.2, 0.25) is 0 Å². The molecule has 1 saturated heterocycles. The minimum Gasteiger partial charge on any atom is -0.451 e. The highest BCUT2D eigenvalue weighted by molar-refractivity contribution is 5.98. The fraction of sp³-hybridized carbons (Fsp3) is 0.367. The second-order valence-electron chi connectivity index (χ2n) is 11.0. The molecule has 4 atom stereocenters. The number of aromatic nitrogens is 2. The molecule has 1 aliphatic rings. The van der Waals surface area contributed by atoms with E-state index in [0.29, 0.717) is 29.0 Å². The van der Waals surface area contributed by atoms with Crippen molar-refractivity contribution in [2.45, 2.75) is 65.2 Å². The second kappa shape index (κ2) is 11.5. The van der Waals surface area contributed by atoms with E-state index in [2.05, 4.69) is 21.6 Å². The number of hydrogen-bond acceptors (Lipinski definition) is 7. The lowest BCUT2D eigenvalue weighted by Crippen LogP contribution is -2.52. The summed E-state index contributed by atoms with van der Waals surface area (Å²) in [6.07, 6.45) is 0.342. The first-order chi connectivity index (χ1) is 19.3. The fourth-order valence-electron chi connectivity index (χ4n) is 5.15. The predicted octanol–water partition coefficient (Wildman–Crippen LogP) is 3.66. The van der Waals surface area contributed by atoms with E-state index in [9.17, 15) is 24.0 Å². The van der Waals surface area contributed by atoms with E-state index < -0.39 is 52.8 Å². The molecule has 1 aromatic heterocycles. The Hall–Kier alpha value is -4.56. The second-order valence-corrected chi connectivity index (χ2v) is 11.0. The summed E-state index contributed by atoms with van der Waals surface area (Å²) in [6, 6.07) is 11.6. The average Bonchev–Trinajstić information content (AvgIpc) is 3.29. The quantitative estimate of drug-likeness (QED) is 0.398. The van der Waals surface area contributed by atoms with E-state index in [-0.39, 0.29) is 11.3 Å². The van der Waals surface area contributed by atoms with Crippen LogP contribution in [0.4, 0.5) is 4.39 Å². The van der Waals surface area contributed by atoms with Gasteiger partial charge in [0.2, 0.25) is 5.91 Å². The number of aromatic amines is 1. The van der Waals surface area contributed by atoms with Crippen LogP contribution in [0, 0.1) is 36.4 Å². The molecule has 0 bridgehead atoms. The Morgan fingerprint density at radius 2 is 1.95 bits per heavy atom. The van der Waals surface area contributed by atoms with Gasteiger partial charge >= 0.3 is 5.56 Å².